The van der Waals surface area contributed by atoms with Gasteiger partial charge in [0.15, 0.2) is 0 Å². The monoisotopic (exact) mass is 406 g/mol. The van der Waals surface area contributed by atoms with Crippen molar-refractivity contribution in [1.29, 1.82) is 0 Å². The van der Waals surface area contributed by atoms with Gasteiger partial charge >= 0.3 is 5.69 Å². The fraction of sp³-hybridized carbons (Fsp3) is 0.391. The Labute approximate surface area is 174 Å². The first-order chi connectivity index (χ1) is 14.7. The smallest absolute Gasteiger partial charge is 0.326 e. The maximum absolute atomic E-state index is 12.8. The maximum Gasteiger partial charge on any atom is 0.326 e. The number of anilines is 2. The number of rotatable bonds is 4. The third-order valence-corrected chi connectivity index (χ3v) is 6.17. The van der Waals surface area contributed by atoms with E-state index in [4.69, 9.17) is 4.74 Å². The fourth-order valence-corrected chi connectivity index (χ4v) is 4.58. The van der Waals surface area contributed by atoms with Gasteiger partial charge in [-0.15, -0.1) is 0 Å². The number of aromatic amines is 1. The van der Waals surface area contributed by atoms with Gasteiger partial charge in [0.2, 0.25) is 0 Å². The molecule has 5 rings (SSSR count). The molecule has 1 aromatic heterocycles. The molecule has 3 aromatic rings. The number of nitrogens with one attached hydrogen (secondary N) is 2. The first-order valence-corrected chi connectivity index (χ1v) is 10.7. The summed E-state index contributed by atoms with van der Waals surface area (Å²) in [4.78, 5) is 30.4. The molecular weight excluding hydrogens is 380 g/mol. The van der Waals surface area contributed by atoms with Gasteiger partial charge in [0.25, 0.3) is 5.91 Å². The number of morpholine rings is 1. The quantitative estimate of drug-likeness (QED) is 0.695. The number of carbonyl (C=O) groups excluding carboxylic acids is 1. The second kappa shape index (κ2) is 7.99. The molecule has 1 amide bonds. The highest BCUT2D eigenvalue weighted by molar-refractivity contribution is 6.06. The number of hydrogen-bond acceptors (Lipinski definition) is 4. The van der Waals surface area contributed by atoms with Gasteiger partial charge in [-0.3, -0.25) is 9.36 Å². The number of fused-ring (bicyclic) bond motifs is 1. The molecular formula is C23H26N4O3. The molecule has 1 aliphatic heterocycles. The zero-order valence-electron chi connectivity index (χ0n) is 16.9. The van der Waals surface area contributed by atoms with E-state index < -0.39 is 0 Å². The standard InChI is InChI=1S/C23H26N4O3/c28-22(24-17-6-8-18(9-7-17)26-11-13-30-14-12-26)16-5-10-21-20(15-16)25-23(29)27(21)19-3-1-2-4-19/h5-10,15,19H,1-4,11-14H2,(H,24,28)(H,25,29). The van der Waals surface area contributed by atoms with Crippen LogP contribution in [0.25, 0.3) is 11.0 Å². The first-order valence-electron chi connectivity index (χ1n) is 10.7. The lowest BCUT2D eigenvalue weighted by Crippen LogP contribution is -2.36. The van der Waals surface area contributed by atoms with Crippen molar-refractivity contribution in [3.05, 3.63) is 58.5 Å². The van der Waals surface area contributed by atoms with Crippen LogP contribution in [0.2, 0.25) is 0 Å². The highest BCUT2D eigenvalue weighted by atomic mass is 16.5. The summed E-state index contributed by atoms with van der Waals surface area (Å²) in [5.41, 5.74) is 3.89. The number of benzene rings is 2. The normalized spacial score (nSPS) is 17.5. The number of imidazole rings is 1. The largest absolute Gasteiger partial charge is 0.378 e. The lowest BCUT2D eigenvalue weighted by Gasteiger charge is -2.28. The van der Waals surface area contributed by atoms with Crippen molar-refractivity contribution in [1.82, 2.24) is 9.55 Å². The molecule has 2 heterocycles. The minimum Gasteiger partial charge on any atom is -0.378 e. The van der Waals surface area contributed by atoms with Gasteiger partial charge in [0.1, 0.15) is 0 Å². The van der Waals surface area contributed by atoms with E-state index in [9.17, 15) is 9.59 Å². The molecule has 2 aromatic carbocycles. The Morgan fingerprint density at radius 3 is 2.50 bits per heavy atom. The molecule has 2 fully saturated rings. The summed E-state index contributed by atoms with van der Waals surface area (Å²) in [5.74, 6) is -0.189. The average molecular weight is 406 g/mol. The van der Waals surface area contributed by atoms with Crippen LogP contribution in [-0.2, 0) is 4.74 Å². The van der Waals surface area contributed by atoms with Crippen molar-refractivity contribution < 1.29 is 9.53 Å². The number of H-pyrrole nitrogens is 1. The summed E-state index contributed by atoms with van der Waals surface area (Å²) < 4.78 is 7.25. The van der Waals surface area contributed by atoms with E-state index in [1.54, 1.807) is 12.1 Å². The summed E-state index contributed by atoms with van der Waals surface area (Å²) in [6.45, 7) is 3.24. The summed E-state index contributed by atoms with van der Waals surface area (Å²) in [6, 6.07) is 13.6. The van der Waals surface area contributed by atoms with E-state index in [0.29, 0.717) is 11.1 Å². The predicted octanol–water partition coefficient (Wildman–Crippen LogP) is 3.53. The van der Waals surface area contributed by atoms with Crippen LogP contribution in [0.3, 0.4) is 0 Å². The number of hydrogen-bond donors (Lipinski definition) is 2. The molecule has 0 unspecified atom stereocenters. The van der Waals surface area contributed by atoms with Crippen molar-refractivity contribution in [2.45, 2.75) is 31.7 Å². The minimum absolute atomic E-state index is 0.0897. The van der Waals surface area contributed by atoms with Gasteiger partial charge < -0.3 is 19.9 Å². The molecule has 0 radical (unpaired) electrons. The zero-order chi connectivity index (χ0) is 20.5. The average Bonchev–Trinajstić information content (AvgIpc) is 3.41. The van der Waals surface area contributed by atoms with Crippen molar-refractivity contribution in [2.75, 3.05) is 36.5 Å². The number of aromatic nitrogens is 2. The van der Waals surface area contributed by atoms with Crippen LogP contribution in [0.4, 0.5) is 11.4 Å². The predicted molar refractivity (Wildman–Crippen MR) is 117 cm³/mol. The number of nitrogens with zero attached hydrogens (tertiary/aromatic N) is 2. The number of carbonyl (C=O) groups is 1. The second-order valence-electron chi connectivity index (χ2n) is 8.07. The molecule has 0 bridgehead atoms. The van der Waals surface area contributed by atoms with Gasteiger partial charge in [-0.2, -0.15) is 0 Å². The maximum atomic E-state index is 12.8. The molecule has 0 spiro atoms. The van der Waals surface area contributed by atoms with Crippen molar-refractivity contribution >= 4 is 28.3 Å². The van der Waals surface area contributed by atoms with E-state index >= 15 is 0 Å². The van der Waals surface area contributed by atoms with Gasteiger partial charge in [-0.25, -0.2) is 4.79 Å². The minimum atomic E-state index is -0.189. The Hall–Kier alpha value is -3.06. The molecule has 156 valence electrons. The lowest BCUT2D eigenvalue weighted by atomic mass is 10.1. The molecule has 1 saturated carbocycles. The van der Waals surface area contributed by atoms with E-state index in [1.165, 1.54) is 0 Å². The Bertz CT molecular complexity index is 1100. The Morgan fingerprint density at radius 2 is 1.77 bits per heavy atom. The summed E-state index contributed by atoms with van der Waals surface area (Å²) in [6.07, 6.45) is 4.40. The summed E-state index contributed by atoms with van der Waals surface area (Å²) in [5, 5.41) is 2.95. The van der Waals surface area contributed by atoms with Crippen LogP contribution in [0.15, 0.2) is 47.3 Å². The lowest BCUT2D eigenvalue weighted by molar-refractivity contribution is 0.102. The van der Waals surface area contributed by atoms with E-state index in [2.05, 4.69) is 15.2 Å². The first kappa shape index (κ1) is 18.9. The Kier molecular flexibility index (Phi) is 5.04. The molecule has 7 nitrogen and oxygen atoms in total. The number of ether oxygens (including phenoxy) is 1. The van der Waals surface area contributed by atoms with Crippen LogP contribution in [0.1, 0.15) is 42.1 Å². The van der Waals surface area contributed by atoms with E-state index in [1.807, 2.05) is 34.9 Å². The molecule has 0 atom stereocenters. The third kappa shape index (κ3) is 3.61. The van der Waals surface area contributed by atoms with Gasteiger partial charge in [-0.05, 0) is 55.3 Å². The van der Waals surface area contributed by atoms with Gasteiger partial charge in [-0.1, -0.05) is 12.8 Å². The molecule has 30 heavy (non-hydrogen) atoms. The Balaban J connectivity index is 1.32. The molecule has 2 aliphatic rings. The molecule has 2 N–H and O–H groups in total. The second-order valence-corrected chi connectivity index (χ2v) is 8.07. The van der Waals surface area contributed by atoms with Crippen LogP contribution in [0, 0.1) is 0 Å². The third-order valence-electron chi connectivity index (χ3n) is 6.17. The van der Waals surface area contributed by atoms with Crippen LogP contribution in [-0.4, -0.2) is 41.8 Å². The fourth-order valence-electron chi connectivity index (χ4n) is 4.58. The number of amides is 1. The van der Waals surface area contributed by atoms with Crippen molar-refractivity contribution in [3.63, 3.8) is 0 Å². The molecule has 1 saturated heterocycles. The summed E-state index contributed by atoms with van der Waals surface area (Å²) in [7, 11) is 0. The van der Waals surface area contributed by atoms with Crippen LogP contribution >= 0.6 is 0 Å². The van der Waals surface area contributed by atoms with Crippen molar-refractivity contribution in [3.8, 4) is 0 Å². The van der Waals surface area contributed by atoms with Crippen molar-refractivity contribution in [2.24, 2.45) is 0 Å². The molecule has 1 aliphatic carbocycles. The SMILES string of the molecule is O=C(Nc1ccc(N2CCOCC2)cc1)c1ccc2c(c1)[nH]c(=O)n2C1CCCC1. The highest BCUT2D eigenvalue weighted by Gasteiger charge is 2.21. The Morgan fingerprint density at radius 1 is 1.03 bits per heavy atom. The van der Waals surface area contributed by atoms with Gasteiger partial charge in [0.05, 0.1) is 24.2 Å². The zero-order valence-corrected chi connectivity index (χ0v) is 16.9. The molecule has 7 heteroatoms. The van der Waals surface area contributed by atoms with Crippen LogP contribution < -0.4 is 15.9 Å². The van der Waals surface area contributed by atoms with E-state index in [0.717, 1.165) is 68.9 Å². The van der Waals surface area contributed by atoms with E-state index in [-0.39, 0.29) is 17.6 Å². The summed E-state index contributed by atoms with van der Waals surface area (Å²) >= 11 is 0. The highest BCUT2D eigenvalue weighted by Crippen LogP contribution is 2.30. The van der Waals surface area contributed by atoms with Gasteiger partial charge in [0, 0.05) is 36.1 Å². The topological polar surface area (TPSA) is 79.4 Å². The van der Waals surface area contributed by atoms with Crippen LogP contribution in [0.5, 0.6) is 0 Å².